The molecule has 0 spiro atoms. The Hall–Kier alpha value is -9.44. The van der Waals surface area contributed by atoms with Gasteiger partial charge in [0.2, 0.25) is 0 Å². The Balaban J connectivity index is 0.954. The highest BCUT2D eigenvalue weighted by molar-refractivity contribution is 6.14. The van der Waals surface area contributed by atoms with Crippen LogP contribution in [0.5, 0.6) is 0 Å². The van der Waals surface area contributed by atoms with E-state index in [1.54, 1.807) is 0 Å². The van der Waals surface area contributed by atoms with Gasteiger partial charge in [0, 0.05) is 44.6 Å². The monoisotopic (exact) mass is 990 g/mol. The molecule has 3 heteroatoms. The van der Waals surface area contributed by atoms with Gasteiger partial charge in [-0.05, 0) is 163 Å². The van der Waals surface area contributed by atoms with Crippen molar-refractivity contribution in [3.63, 3.8) is 0 Å². The second-order valence-electron chi connectivity index (χ2n) is 21.0. The fourth-order valence-electron chi connectivity index (χ4n) is 11.2. The van der Waals surface area contributed by atoms with Gasteiger partial charge in [-0.25, -0.2) is 0 Å². The Bertz CT molecular complexity index is 4000. The van der Waals surface area contributed by atoms with Crippen LogP contribution in [0.4, 0.5) is 34.1 Å². The standard InChI is InChI=1S/C74H58N2O/c1-49(2)55-33-37-67(53-23-13-7-14-24-53)71(45-55)75(63-29-17-27-57(39-63)51-19-9-5-10-20-51)65-35-31-59-43-69-70-44-60-32-36-66(42-62(60)48-74(70)77-73(69)47-61(59)41-65)76(64-30-18-28-58(40-64)52-21-11-6-12-22-52)72-46-56(50(3)4)34-38-68(72)54-25-15-8-16-26-54/h5-50H,1-4H3. The van der Waals surface area contributed by atoms with Crippen LogP contribution < -0.4 is 9.80 Å². The molecular weight excluding hydrogens is 933 g/mol. The molecule has 1 heterocycles. The van der Waals surface area contributed by atoms with Gasteiger partial charge < -0.3 is 14.2 Å². The van der Waals surface area contributed by atoms with E-state index >= 15 is 0 Å². The molecule has 0 aliphatic rings. The summed E-state index contributed by atoms with van der Waals surface area (Å²) in [5.41, 5.74) is 20.3. The summed E-state index contributed by atoms with van der Waals surface area (Å²) in [5, 5.41) is 6.74. The van der Waals surface area contributed by atoms with Gasteiger partial charge in [-0.2, -0.15) is 0 Å². The zero-order valence-corrected chi connectivity index (χ0v) is 43.9. The van der Waals surface area contributed by atoms with Crippen LogP contribution >= 0.6 is 0 Å². The zero-order valence-electron chi connectivity index (χ0n) is 43.9. The third-order valence-electron chi connectivity index (χ3n) is 15.3. The maximum atomic E-state index is 6.95. The van der Waals surface area contributed by atoms with Crippen LogP contribution in [0.15, 0.2) is 271 Å². The first-order chi connectivity index (χ1) is 37.8. The van der Waals surface area contributed by atoms with Gasteiger partial charge in [0.15, 0.2) is 0 Å². The average molecular weight is 991 g/mol. The van der Waals surface area contributed by atoms with E-state index in [0.29, 0.717) is 11.8 Å². The van der Waals surface area contributed by atoms with Crippen LogP contribution in [0.2, 0.25) is 0 Å². The SMILES string of the molecule is CC(C)c1ccc(-c2ccccc2)c(N(c2cccc(-c3ccccc3)c2)c2ccc3cc4c(cc3c2)oc2cc3cc(N(c5cccc(-c6ccccc6)c5)c5cc(C(C)C)ccc5-c5ccccc5)ccc3cc24)c1. The van der Waals surface area contributed by atoms with Crippen molar-refractivity contribution in [1.29, 1.82) is 0 Å². The number of hydrogen-bond donors (Lipinski definition) is 0. The summed E-state index contributed by atoms with van der Waals surface area (Å²) in [5.74, 6) is 0.699. The van der Waals surface area contributed by atoms with Crippen molar-refractivity contribution < 1.29 is 4.42 Å². The largest absolute Gasteiger partial charge is 0.456 e. The molecule has 13 rings (SSSR count). The lowest BCUT2D eigenvalue weighted by atomic mass is 9.95. The summed E-state index contributed by atoms with van der Waals surface area (Å²) in [6, 6.07) is 97.5. The highest BCUT2D eigenvalue weighted by Gasteiger charge is 2.23. The lowest BCUT2D eigenvalue weighted by molar-refractivity contribution is 0.670. The third-order valence-corrected chi connectivity index (χ3v) is 15.3. The molecule has 3 nitrogen and oxygen atoms in total. The van der Waals surface area contributed by atoms with Crippen molar-refractivity contribution in [3.05, 3.63) is 278 Å². The van der Waals surface area contributed by atoms with Gasteiger partial charge in [0.25, 0.3) is 0 Å². The molecule has 0 saturated heterocycles. The fraction of sp³-hybridized carbons (Fsp3) is 0.0811. The number of hydrogen-bond acceptors (Lipinski definition) is 3. The van der Waals surface area contributed by atoms with E-state index in [1.807, 2.05) is 0 Å². The number of benzene rings is 12. The fourth-order valence-corrected chi connectivity index (χ4v) is 11.2. The number of anilines is 6. The smallest absolute Gasteiger partial charge is 0.136 e. The summed E-state index contributed by atoms with van der Waals surface area (Å²) in [6.07, 6.45) is 0. The van der Waals surface area contributed by atoms with Crippen LogP contribution in [0.3, 0.4) is 0 Å². The van der Waals surface area contributed by atoms with Gasteiger partial charge in [0.1, 0.15) is 11.2 Å². The van der Waals surface area contributed by atoms with E-state index in [0.717, 1.165) is 77.6 Å². The predicted octanol–water partition coefficient (Wildman–Crippen LogP) is 21.7. The third kappa shape index (κ3) is 9.10. The first-order valence-electron chi connectivity index (χ1n) is 26.9. The first-order valence-corrected chi connectivity index (χ1v) is 26.9. The van der Waals surface area contributed by atoms with Crippen molar-refractivity contribution in [3.8, 4) is 44.5 Å². The Morgan fingerprint density at radius 3 is 1.03 bits per heavy atom. The molecule has 0 aliphatic carbocycles. The maximum Gasteiger partial charge on any atom is 0.136 e. The first kappa shape index (κ1) is 47.3. The minimum Gasteiger partial charge on any atom is -0.456 e. The second kappa shape index (κ2) is 20.0. The Kier molecular flexibility index (Phi) is 12.3. The molecule has 0 saturated carbocycles. The highest BCUT2D eigenvalue weighted by atomic mass is 16.3. The van der Waals surface area contributed by atoms with Crippen LogP contribution in [-0.4, -0.2) is 0 Å². The predicted molar refractivity (Wildman–Crippen MR) is 328 cm³/mol. The van der Waals surface area contributed by atoms with E-state index in [4.69, 9.17) is 4.42 Å². The molecule has 0 bridgehead atoms. The number of nitrogens with zero attached hydrogens (tertiary/aromatic N) is 2. The molecule has 13 aromatic rings. The number of rotatable bonds is 12. The van der Waals surface area contributed by atoms with Gasteiger partial charge in [-0.1, -0.05) is 210 Å². The average Bonchev–Trinajstić information content (AvgIpc) is 3.94. The summed E-state index contributed by atoms with van der Waals surface area (Å²) in [4.78, 5) is 4.88. The van der Waals surface area contributed by atoms with Crippen LogP contribution in [0.25, 0.3) is 88.0 Å². The molecule has 1 aromatic heterocycles. The molecule has 0 fully saturated rings. The van der Waals surface area contributed by atoms with Gasteiger partial charge in [0.05, 0.1) is 11.4 Å². The Morgan fingerprint density at radius 1 is 0.273 bits per heavy atom. The molecule has 77 heavy (non-hydrogen) atoms. The molecule has 12 aromatic carbocycles. The van der Waals surface area contributed by atoms with Gasteiger partial charge in [-0.15, -0.1) is 0 Å². The summed E-state index contributed by atoms with van der Waals surface area (Å²) < 4.78 is 6.95. The molecule has 0 atom stereocenters. The Morgan fingerprint density at radius 2 is 0.636 bits per heavy atom. The number of fused-ring (bicyclic) bond motifs is 5. The quantitative estimate of drug-likeness (QED) is 0.122. The van der Waals surface area contributed by atoms with E-state index in [2.05, 4.69) is 304 Å². The number of furan rings is 1. The van der Waals surface area contributed by atoms with E-state index in [1.165, 1.54) is 55.6 Å². The van der Waals surface area contributed by atoms with Gasteiger partial charge >= 0.3 is 0 Å². The zero-order chi connectivity index (χ0) is 52.0. The molecule has 0 aliphatic heterocycles. The van der Waals surface area contributed by atoms with E-state index < -0.39 is 0 Å². The second-order valence-corrected chi connectivity index (χ2v) is 21.0. The Labute approximate surface area is 451 Å². The van der Waals surface area contributed by atoms with Gasteiger partial charge in [-0.3, -0.25) is 0 Å². The topological polar surface area (TPSA) is 19.6 Å². The molecule has 0 N–H and O–H groups in total. The molecule has 0 radical (unpaired) electrons. The molecule has 0 amide bonds. The van der Waals surface area contributed by atoms with Crippen LogP contribution in [0, 0.1) is 0 Å². The lowest BCUT2D eigenvalue weighted by Crippen LogP contribution is -2.12. The van der Waals surface area contributed by atoms with Crippen LogP contribution in [-0.2, 0) is 0 Å². The normalized spacial score (nSPS) is 11.6. The molecule has 370 valence electrons. The van der Waals surface area contributed by atoms with Crippen molar-refractivity contribution in [2.24, 2.45) is 0 Å². The van der Waals surface area contributed by atoms with Crippen LogP contribution in [0.1, 0.15) is 50.7 Å². The summed E-state index contributed by atoms with van der Waals surface area (Å²) in [7, 11) is 0. The van der Waals surface area contributed by atoms with Crippen molar-refractivity contribution in [2.45, 2.75) is 39.5 Å². The minimum absolute atomic E-state index is 0.350. The minimum atomic E-state index is 0.350. The van der Waals surface area contributed by atoms with E-state index in [9.17, 15) is 0 Å². The highest BCUT2D eigenvalue weighted by Crippen LogP contribution is 2.47. The summed E-state index contributed by atoms with van der Waals surface area (Å²) in [6.45, 7) is 9.09. The lowest BCUT2D eigenvalue weighted by Gasteiger charge is -2.29. The van der Waals surface area contributed by atoms with Crippen molar-refractivity contribution >= 4 is 77.6 Å². The summed E-state index contributed by atoms with van der Waals surface area (Å²) >= 11 is 0. The van der Waals surface area contributed by atoms with Crippen molar-refractivity contribution in [1.82, 2.24) is 0 Å². The van der Waals surface area contributed by atoms with Crippen molar-refractivity contribution in [2.75, 3.05) is 9.80 Å². The maximum absolute atomic E-state index is 6.95. The van der Waals surface area contributed by atoms with E-state index in [-0.39, 0.29) is 0 Å². The molecule has 0 unspecified atom stereocenters. The molecular formula is C74H58N2O.